The van der Waals surface area contributed by atoms with Crippen LogP contribution in [0.1, 0.15) is 19.8 Å². The highest BCUT2D eigenvalue weighted by atomic mass is 32.3. The highest BCUT2D eigenvalue weighted by Gasteiger charge is 2.24. The standard InChI is InChI=1S/C7H17NO4S/c1-6-3-4-7(12-6)5-8-13(9,10)11-2/h6-10H,3-5H2,1-2H3. The maximum Gasteiger partial charge on any atom is 0.155 e. The summed E-state index contributed by atoms with van der Waals surface area (Å²) in [5, 5.41) is 0. The zero-order valence-corrected chi connectivity index (χ0v) is 8.71. The summed E-state index contributed by atoms with van der Waals surface area (Å²) in [6.07, 6.45) is 2.32. The van der Waals surface area contributed by atoms with Crippen LogP contribution in [-0.4, -0.2) is 35.0 Å². The molecule has 13 heavy (non-hydrogen) atoms. The van der Waals surface area contributed by atoms with Crippen molar-refractivity contribution in [1.82, 2.24) is 4.72 Å². The van der Waals surface area contributed by atoms with E-state index in [4.69, 9.17) is 13.8 Å². The summed E-state index contributed by atoms with van der Waals surface area (Å²) in [4.78, 5) is 0. The van der Waals surface area contributed by atoms with E-state index in [0.29, 0.717) is 6.54 Å². The lowest BCUT2D eigenvalue weighted by atomic mass is 10.2. The first-order chi connectivity index (χ1) is 6.03. The normalized spacial score (nSPS) is 30.8. The molecular weight excluding hydrogens is 194 g/mol. The Labute approximate surface area is 80.1 Å². The van der Waals surface area contributed by atoms with Gasteiger partial charge in [-0.05, 0) is 19.8 Å². The molecule has 1 heterocycles. The predicted octanol–water partition coefficient (Wildman–Crippen LogP) is 1.37. The van der Waals surface area contributed by atoms with E-state index >= 15 is 0 Å². The smallest absolute Gasteiger partial charge is 0.155 e. The maximum atomic E-state index is 9.10. The monoisotopic (exact) mass is 211 g/mol. The van der Waals surface area contributed by atoms with Crippen LogP contribution in [0.2, 0.25) is 0 Å². The van der Waals surface area contributed by atoms with E-state index in [1.54, 1.807) is 0 Å². The van der Waals surface area contributed by atoms with Crippen molar-refractivity contribution in [2.24, 2.45) is 0 Å². The Bertz CT molecular complexity index is 167. The average Bonchev–Trinajstić information content (AvgIpc) is 2.48. The summed E-state index contributed by atoms with van der Waals surface area (Å²) in [7, 11) is 1.25. The first-order valence-corrected chi connectivity index (χ1v) is 5.74. The zero-order valence-electron chi connectivity index (χ0n) is 7.90. The Kier molecular flexibility index (Phi) is 3.96. The summed E-state index contributed by atoms with van der Waals surface area (Å²) < 4.78 is 30.6. The van der Waals surface area contributed by atoms with Crippen LogP contribution < -0.4 is 4.72 Å². The Morgan fingerprint density at radius 2 is 2.23 bits per heavy atom. The minimum Gasteiger partial charge on any atom is -0.374 e. The predicted molar refractivity (Wildman–Crippen MR) is 51.4 cm³/mol. The van der Waals surface area contributed by atoms with E-state index in [1.807, 2.05) is 6.92 Å². The number of nitrogens with one attached hydrogen (secondary N) is 1. The second kappa shape index (κ2) is 4.59. The molecule has 1 rings (SSSR count). The zero-order chi connectivity index (χ0) is 9.90. The highest BCUT2D eigenvalue weighted by Crippen LogP contribution is 2.33. The molecule has 0 spiro atoms. The fourth-order valence-electron chi connectivity index (χ4n) is 1.30. The van der Waals surface area contributed by atoms with E-state index in [0.717, 1.165) is 12.8 Å². The van der Waals surface area contributed by atoms with Gasteiger partial charge in [0.25, 0.3) is 0 Å². The molecule has 2 unspecified atom stereocenters. The van der Waals surface area contributed by atoms with Gasteiger partial charge in [-0.15, -0.1) is 0 Å². The third-order valence-electron chi connectivity index (χ3n) is 2.05. The van der Waals surface area contributed by atoms with Crippen molar-refractivity contribution in [1.29, 1.82) is 0 Å². The second-order valence-corrected chi connectivity index (χ2v) is 4.77. The molecule has 0 aliphatic carbocycles. The second-order valence-electron chi connectivity index (χ2n) is 3.16. The molecule has 0 saturated carbocycles. The van der Waals surface area contributed by atoms with Crippen LogP contribution in [-0.2, 0) is 8.92 Å². The highest BCUT2D eigenvalue weighted by molar-refractivity contribution is 8.18. The van der Waals surface area contributed by atoms with Crippen molar-refractivity contribution >= 4 is 11.1 Å². The van der Waals surface area contributed by atoms with Gasteiger partial charge in [-0.2, -0.15) is 0 Å². The lowest BCUT2D eigenvalue weighted by molar-refractivity contribution is 0.0580. The van der Waals surface area contributed by atoms with Gasteiger partial charge in [0.2, 0.25) is 0 Å². The molecule has 0 bridgehead atoms. The van der Waals surface area contributed by atoms with Crippen molar-refractivity contribution in [3.63, 3.8) is 0 Å². The minimum atomic E-state index is -3.05. The van der Waals surface area contributed by atoms with Crippen LogP contribution >= 0.6 is 11.1 Å². The van der Waals surface area contributed by atoms with E-state index in [9.17, 15) is 0 Å². The van der Waals surface area contributed by atoms with Gasteiger partial charge in [0.1, 0.15) is 0 Å². The summed E-state index contributed by atoms with van der Waals surface area (Å²) >= 11 is -3.05. The third kappa shape index (κ3) is 3.80. The first kappa shape index (κ1) is 11.2. The van der Waals surface area contributed by atoms with Crippen molar-refractivity contribution in [3.05, 3.63) is 0 Å². The van der Waals surface area contributed by atoms with Gasteiger partial charge in [0.15, 0.2) is 11.1 Å². The third-order valence-corrected chi connectivity index (χ3v) is 3.06. The van der Waals surface area contributed by atoms with Crippen LogP contribution in [0.3, 0.4) is 0 Å². The van der Waals surface area contributed by atoms with Gasteiger partial charge in [-0.3, -0.25) is 13.3 Å². The van der Waals surface area contributed by atoms with Gasteiger partial charge >= 0.3 is 0 Å². The lowest BCUT2D eigenvalue weighted by Crippen LogP contribution is -2.30. The minimum absolute atomic E-state index is 0.0660. The first-order valence-electron chi connectivity index (χ1n) is 4.27. The molecule has 1 aliphatic heterocycles. The Morgan fingerprint density at radius 3 is 2.69 bits per heavy atom. The SMILES string of the molecule is COS(O)(O)NCC1CCC(C)O1. The fraction of sp³-hybridized carbons (Fsp3) is 1.00. The molecule has 0 aromatic carbocycles. The van der Waals surface area contributed by atoms with Gasteiger partial charge < -0.3 is 4.74 Å². The van der Waals surface area contributed by atoms with Crippen molar-refractivity contribution in [2.75, 3.05) is 13.7 Å². The van der Waals surface area contributed by atoms with Crippen molar-refractivity contribution in [3.8, 4) is 0 Å². The molecule has 2 atom stereocenters. The van der Waals surface area contributed by atoms with Crippen LogP contribution in [0.5, 0.6) is 0 Å². The lowest BCUT2D eigenvalue weighted by Gasteiger charge is -2.26. The number of rotatable bonds is 4. The molecule has 6 heteroatoms. The van der Waals surface area contributed by atoms with E-state index in [-0.39, 0.29) is 12.2 Å². The van der Waals surface area contributed by atoms with Gasteiger partial charge in [-0.25, -0.2) is 4.72 Å². The Balaban J connectivity index is 2.19. The van der Waals surface area contributed by atoms with Crippen molar-refractivity contribution in [2.45, 2.75) is 32.0 Å². The molecule has 1 saturated heterocycles. The Hall–Kier alpha value is 0.150. The van der Waals surface area contributed by atoms with Crippen LogP contribution in [0.25, 0.3) is 0 Å². The molecule has 0 aromatic heterocycles. The molecule has 1 fully saturated rings. The van der Waals surface area contributed by atoms with Crippen molar-refractivity contribution < 1.29 is 18.0 Å². The fourth-order valence-corrected chi connectivity index (χ4v) is 1.82. The molecule has 80 valence electrons. The largest absolute Gasteiger partial charge is 0.374 e. The molecule has 0 aromatic rings. The summed E-state index contributed by atoms with van der Waals surface area (Å²) in [5.41, 5.74) is 0. The molecule has 3 N–H and O–H groups in total. The van der Waals surface area contributed by atoms with Crippen LogP contribution in [0, 0.1) is 0 Å². The van der Waals surface area contributed by atoms with Gasteiger partial charge in [0.05, 0.1) is 19.3 Å². The number of hydrogen-bond donors (Lipinski definition) is 3. The van der Waals surface area contributed by atoms with E-state index in [2.05, 4.69) is 8.91 Å². The molecular formula is C7H17NO4S. The number of hydrogen-bond acceptors (Lipinski definition) is 5. The van der Waals surface area contributed by atoms with Gasteiger partial charge in [0, 0.05) is 6.54 Å². The Morgan fingerprint density at radius 1 is 1.54 bits per heavy atom. The summed E-state index contributed by atoms with van der Waals surface area (Å²) in [6, 6.07) is 0. The summed E-state index contributed by atoms with van der Waals surface area (Å²) in [5.74, 6) is 0. The van der Waals surface area contributed by atoms with E-state index < -0.39 is 11.1 Å². The molecule has 0 amide bonds. The molecule has 1 aliphatic rings. The summed E-state index contributed by atoms with van der Waals surface area (Å²) in [6.45, 7) is 2.43. The molecule has 5 nitrogen and oxygen atoms in total. The van der Waals surface area contributed by atoms with Crippen LogP contribution in [0.15, 0.2) is 0 Å². The maximum absolute atomic E-state index is 9.10. The topological polar surface area (TPSA) is 71.0 Å². The molecule has 0 radical (unpaired) electrons. The van der Waals surface area contributed by atoms with Crippen LogP contribution in [0.4, 0.5) is 0 Å². The van der Waals surface area contributed by atoms with E-state index in [1.165, 1.54) is 7.11 Å². The quantitative estimate of drug-likeness (QED) is 0.655. The average molecular weight is 211 g/mol. The van der Waals surface area contributed by atoms with Gasteiger partial charge in [-0.1, -0.05) is 0 Å². The number of ether oxygens (including phenoxy) is 1.